The molecule has 0 radical (unpaired) electrons. The molecule has 36 heavy (non-hydrogen) atoms. The number of nitrogens with one attached hydrogen (secondary N) is 2. The summed E-state index contributed by atoms with van der Waals surface area (Å²) in [7, 11) is 1.44. The summed E-state index contributed by atoms with van der Waals surface area (Å²) < 4.78 is 15.9. The van der Waals surface area contributed by atoms with Gasteiger partial charge in [0, 0.05) is 18.3 Å². The van der Waals surface area contributed by atoms with Crippen molar-refractivity contribution in [2.75, 3.05) is 45.3 Å². The number of benzene rings is 2. The Hall–Kier alpha value is -4.08. The van der Waals surface area contributed by atoms with Crippen LogP contribution in [-0.2, 0) is 25.5 Å². The summed E-state index contributed by atoms with van der Waals surface area (Å²) in [4.78, 5) is 50.1. The van der Waals surface area contributed by atoms with Gasteiger partial charge in [-0.1, -0.05) is 25.1 Å². The van der Waals surface area contributed by atoms with Crippen molar-refractivity contribution in [3.8, 4) is 11.5 Å². The van der Waals surface area contributed by atoms with E-state index in [0.29, 0.717) is 30.4 Å². The quantitative estimate of drug-likeness (QED) is 0.406. The van der Waals surface area contributed by atoms with Crippen LogP contribution in [0.1, 0.15) is 36.7 Å². The molecule has 0 heterocycles. The number of anilines is 1. The fourth-order valence-corrected chi connectivity index (χ4v) is 3.19. The highest BCUT2D eigenvalue weighted by Gasteiger charge is 2.17. The molecule has 2 rings (SSSR count). The standard InChI is InChI=1S/C26H33N3O7/c1-5-18-10-8-9-11-20(18)28-23(30)16-29(4)24(31)17-36-25(32)15-27-26(33)19-12-13-21(34-6-2)22(14-19)35-7-3/h8-14H,5-7,15-17H2,1-4H3,(H,27,33)(H,28,30). The molecule has 0 aromatic heterocycles. The van der Waals surface area contributed by atoms with Gasteiger partial charge < -0.3 is 29.7 Å². The maximum absolute atomic E-state index is 12.4. The van der Waals surface area contributed by atoms with Gasteiger partial charge in [0.25, 0.3) is 11.8 Å². The molecule has 0 spiro atoms. The lowest BCUT2D eigenvalue weighted by Crippen LogP contribution is -2.38. The topological polar surface area (TPSA) is 123 Å². The van der Waals surface area contributed by atoms with Crippen LogP contribution in [0.4, 0.5) is 5.69 Å². The highest BCUT2D eigenvalue weighted by molar-refractivity contribution is 5.97. The van der Waals surface area contributed by atoms with Gasteiger partial charge in [-0.25, -0.2) is 0 Å². The third kappa shape index (κ3) is 8.61. The SMILES string of the molecule is CCOc1ccc(C(=O)NCC(=O)OCC(=O)N(C)CC(=O)Nc2ccccc2CC)cc1OCC. The molecule has 10 nitrogen and oxygen atoms in total. The largest absolute Gasteiger partial charge is 0.490 e. The van der Waals surface area contributed by atoms with Crippen molar-refractivity contribution in [2.24, 2.45) is 0 Å². The molecule has 0 aliphatic carbocycles. The van der Waals surface area contributed by atoms with E-state index in [1.54, 1.807) is 18.2 Å². The van der Waals surface area contributed by atoms with Gasteiger partial charge in [-0.05, 0) is 50.1 Å². The molecule has 0 aliphatic rings. The second-order valence-electron chi connectivity index (χ2n) is 7.68. The zero-order valence-electron chi connectivity index (χ0n) is 21.1. The fraction of sp³-hybridized carbons (Fsp3) is 0.385. The minimum Gasteiger partial charge on any atom is -0.490 e. The molecule has 0 unspecified atom stereocenters. The predicted molar refractivity (Wildman–Crippen MR) is 134 cm³/mol. The summed E-state index contributed by atoms with van der Waals surface area (Å²) in [5, 5.41) is 5.22. The molecule has 3 amide bonds. The minimum atomic E-state index is -0.789. The van der Waals surface area contributed by atoms with Crippen molar-refractivity contribution in [2.45, 2.75) is 27.2 Å². The van der Waals surface area contributed by atoms with Crippen LogP contribution < -0.4 is 20.1 Å². The van der Waals surface area contributed by atoms with Crippen molar-refractivity contribution in [3.63, 3.8) is 0 Å². The average Bonchev–Trinajstić information content (AvgIpc) is 2.87. The second-order valence-corrected chi connectivity index (χ2v) is 7.68. The molecule has 194 valence electrons. The van der Waals surface area contributed by atoms with Crippen molar-refractivity contribution in [3.05, 3.63) is 53.6 Å². The minimum absolute atomic E-state index is 0.203. The number of amides is 3. The Labute approximate surface area is 210 Å². The van der Waals surface area contributed by atoms with Gasteiger partial charge in [-0.15, -0.1) is 0 Å². The number of carbonyl (C=O) groups excluding carboxylic acids is 4. The Morgan fingerprint density at radius 1 is 0.917 bits per heavy atom. The normalized spacial score (nSPS) is 10.2. The lowest BCUT2D eigenvalue weighted by molar-refractivity contribution is -0.150. The van der Waals surface area contributed by atoms with E-state index in [-0.39, 0.29) is 18.0 Å². The van der Waals surface area contributed by atoms with Crippen molar-refractivity contribution in [1.29, 1.82) is 0 Å². The Bertz CT molecular complexity index is 1070. The number of rotatable bonds is 13. The first-order valence-corrected chi connectivity index (χ1v) is 11.7. The number of hydrogen-bond donors (Lipinski definition) is 2. The first-order chi connectivity index (χ1) is 17.3. The zero-order chi connectivity index (χ0) is 26.5. The summed E-state index contributed by atoms with van der Waals surface area (Å²) in [6.45, 7) is 5.29. The molecule has 0 saturated heterocycles. The van der Waals surface area contributed by atoms with Gasteiger partial charge >= 0.3 is 5.97 Å². The molecule has 0 atom stereocenters. The molecule has 2 N–H and O–H groups in total. The van der Waals surface area contributed by atoms with Crippen LogP contribution in [0.15, 0.2) is 42.5 Å². The number of para-hydroxylation sites is 1. The maximum atomic E-state index is 12.4. The predicted octanol–water partition coefficient (Wildman–Crippen LogP) is 2.42. The molecular weight excluding hydrogens is 466 g/mol. The first kappa shape index (κ1) is 28.2. The van der Waals surface area contributed by atoms with E-state index >= 15 is 0 Å². The van der Waals surface area contributed by atoms with E-state index in [0.717, 1.165) is 16.9 Å². The Morgan fingerprint density at radius 2 is 1.61 bits per heavy atom. The van der Waals surface area contributed by atoms with Crippen LogP contribution in [0.2, 0.25) is 0 Å². The van der Waals surface area contributed by atoms with E-state index in [2.05, 4.69) is 10.6 Å². The molecule has 10 heteroatoms. The van der Waals surface area contributed by atoms with Crippen molar-refractivity contribution in [1.82, 2.24) is 10.2 Å². The summed E-state index contributed by atoms with van der Waals surface area (Å²) in [5.41, 5.74) is 1.95. The Kier molecular flexibility index (Phi) is 11.2. The average molecular weight is 500 g/mol. The first-order valence-electron chi connectivity index (χ1n) is 11.7. The molecule has 2 aromatic rings. The van der Waals surface area contributed by atoms with Gasteiger partial charge in [0.2, 0.25) is 5.91 Å². The number of likely N-dealkylation sites (N-methyl/N-ethyl adjacent to an activating group) is 1. The van der Waals surface area contributed by atoms with Gasteiger partial charge in [-0.3, -0.25) is 19.2 Å². The second kappa shape index (κ2) is 14.3. The number of nitrogens with zero attached hydrogens (tertiary/aromatic N) is 1. The third-order valence-corrected chi connectivity index (χ3v) is 5.03. The van der Waals surface area contributed by atoms with Crippen molar-refractivity contribution >= 4 is 29.4 Å². The van der Waals surface area contributed by atoms with Gasteiger partial charge in [0.15, 0.2) is 18.1 Å². The fourth-order valence-electron chi connectivity index (χ4n) is 3.19. The van der Waals surface area contributed by atoms with Crippen LogP contribution in [0.3, 0.4) is 0 Å². The smallest absolute Gasteiger partial charge is 0.325 e. The summed E-state index contributed by atoms with van der Waals surface area (Å²) in [5.74, 6) is -1.29. The molecule has 2 aromatic carbocycles. The molecular formula is C26H33N3O7. The van der Waals surface area contributed by atoms with Crippen LogP contribution in [0, 0.1) is 0 Å². The molecule has 0 bridgehead atoms. The van der Waals surface area contributed by atoms with E-state index in [1.807, 2.05) is 39.0 Å². The molecule has 0 aliphatic heterocycles. The molecule has 0 saturated carbocycles. The Morgan fingerprint density at radius 3 is 2.31 bits per heavy atom. The van der Waals surface area contributed by atoms with Crippen LogP contribution >= 0.6 is 0 Å². The maximum Gasteiger partial charge on any atom is 0.325 e. The lowest BCUT2D eigenvalue weighted by atomic mass is 10.1. The van der Waals surface area contributed by atoms with Crippen LogP contribution in [0.5, 0.6) is 11.5 Å². The lowest BCUT2D eigenvalue weighted by Gasteiger charge is -2.17. The molecule has 0 fully saturated rings. The van der Waals surface area contributed by atoms with E-state index in [9.17, 15) is 19.2 Å². The summed E-state index contributed by atoms with van der Waals surface area (Å²) in [6.07, 6.45) is 0.754. The van der Waals surface area contributed by atoms with Crippen LogP contribution in [0.25, 0.3) is 0 Å². The summed E-state index contributed by atoms with van der Waals surface area (Å²) >= 11 is 0. The summed E-state index contributed by atoms with van der Waals surface area (Å²) in [6, 6.07) is 12.1. The van der Waals surface area contributed by atoms with Gasteiger partial charge in [-0.2, -0.15) is 0 Å². The highest BCUT2D eigenvalue weighted by atomic mass is 16.5. The number of hydrogen-bond acceptors (Lipinski definition) is 7. The van der Waals surface area contributed by atoms with Crippen LogP contribution in [-0.4, -0.2) is 68.5 Å². The van der Waals surface area contributed by atoms with Gasteiger partial charge in [0.1, 0.15) is 6.54 Å². The van der Waals surface area contributed by atoms with E-state index < -0.39 is 30.9 Å². The monoisotopic (exact) mass is 499 g/mol. The zero-order valence-corrected chi connectivity index (χ0v) is 21.1. The third-order valence-electron chi connectivity index (χ3n) is 5.03. The number of esters is 1. The van der Waals surface area contributed by atoms with E-state index in [4.69, 9.17) is 14.2 Å². The number of ether oxygens (including phenoxy) is 3. The van der Waals surface area contributed by atoms with Crippen molar-refractivity contribution < 1.29 is 33.4 Å². The number of carbonyl (C=O) groups is 4. The highest BCUT2D eigenvalue weighted by Crippen LogP contribution is 2.28. The number of aryl methyl sites for hydroxylation is 1. The van der Waals surface area contributed by atoms with Gasteiger partial charge in [0.05, 0.1) is 19.8 Å². The van der Waals surface area contributed by atoms with E-state index in [1.165, 1.54) is 13.1 Å². The Balaban J connectivity index is 1.79.